The lowest BCUT2D eigenvalue weighted by molar-refractivity contribution is -0.169. The van der Waals surface area contributed by atoms with Crippen molar-refractivity contribution < 1.29 is 24.2 Å². The van der Waals surface area contributed by atoms with E-state index in [0.29, 0.717) is 19.4 Å². The summed E-state index contributed by atoms with van der Waals surface area (Å²) < 4.78 is 13.1. The second kappa shape index (κ2) is 9.86. The lowest BCUT2D eigenvalue weighted by Gasteiger charge is -2.57. The quantitative estimate of drug-likeness (QED) is 0.353. The van der Waals surface area contributed by atoms with Gasteiger partial charge in [-0.05, 0) is 65.6 Å². The predicted molar refractivity (Wildman–Crippen MR) is 147 cm³/mol. The third-order valence-electron chi connectivity index (χ3n) is 8.61. The minimum absolute atomic E-state index is 0.00855. The van der Waals surface area contributed by atoms with Crippen LogP contribution < -0.4 is 0 Å². The molecule has 1 spiro atoms. The average Bonchev–Trinajstić information content (AvgIpc) is 3.23. The van der Waals surface area contributed by atoms with Crippen LogP contribution in [0.15, 0.2) is 77.3 Å². The van der Waals surface area contributed by atoms with Crippen molar-refractivity contribution in [2.75, 3.05) is 19.8 Å². The largest absolute Gasteiger partial charge is 0.480 e. The number of carbonyl (C=O) groups excluding carboxylic acids is 1. The number of carboxylic acids is 1. The van der Waals surface area contributed by atoms with E-state index in [4.69, 9.17) is 9.47 Å². The number of ether oxygens (including phenoxy) is 2. The summed E-state index contributed by atoms with van der Waals surface area (Å²) in [4.78, 5) is 27.0. The minimum atomic E-state index is -0.997. The van der Waals surface area contributed by atoms with Crippen molar-refractivity contribution in [3.63, 3.8) is 0 Å². The number of fused-ring (bicyclic) bond motifs is 3. The molecule has 0 radical (unpaired) electrons. The zero-order chi connectivity index (χ0) is 26.3. The highest BCUT2D eigenvalue weighted by atomic mass is 79.9. The molecule has 196 valence electrons. The van der Waals surface area contributed by atoms with E-state index < -0.39 is 17.1 Å². The third kappa shape index (κ3) is 4.31. The Morgan fingerprint density at radius 1 is 0.921 bits per heavy atom. The minimum Gasteiger partial charge on any atom is -0.480 e. The summed E-state index contributed by atoms with van der Waals surface area (Å²) >= 11 is 3.49. The molecule has 1 saturated heterocycles. The van der Waals surface area contributed by atoms with Gasteiger partial charge in [0.05, 0.1) is 5.60 Å². The third-order valence-corrected chi connectivity index (χ3v) is 9.14. The summed E-state index contributed by atoms with van der Waals surface area (Å²) in [5.74, 6) is -0.989. The van der Waals surface area contributed by atoms with E-state index in [-0.39, 0.29) is 25.2 Å². The van der Waals surface area contributed by atoms with Gasteiger partial charge in [-0.15, -0.1) is 0 Å². The standard InChI is InChI=1S/C31H30BrNO5/c32-22-12-10-21(11-13-22)31(38-19-28(34)35)16-17-33(30(20-31)14-5-15-30)29(36)37-18-27-25-8-3-1-6-23(25)24-7-2-4-9-26(24)27/h1-4,6-13,27H,5,14-20H2,(H,34,35). The Balaban J connectivity index is 1.22. The summed E-state index contributed by atoms with van der Waals surface area (Å²) in [6.07, 6.45) is 3.49. The van der Waals surface area contributed by atoms with E-state index in [1.165, 1.54) is 22.3 Å². The van der Waals surface area contributed by atoms with Crippen molar-refractivity contribution in [1.82, 2.24) is 4.90 Å². The number of carbonyl (C=O) groups is 2. The maximum atomic E-state index is 13.6. The Labute approximate surface area is 230 Å². The Hall–Kier alpha value is -3.16. The highest BCUT2D eigenvalue weighted by molar-refractivity contribution is 9.10. The number of nitrogens with zero attached hydrogens (tertiary/aromatic N) is 1. The first-order chi connectivity index (χ1) is 18.4. The molecule has 1 atom stereocenters. The number of rotatable bonds is 6. The molecule has 3 aromatic carbocycles. The van der Waals surface area contributed by atoms with E-state index in [1.807, 2.05) is 53.4 Å². The van der Waals surface area contributed by atoms with Crippen LogP contribution in [0.3, 0.4) is 0 Å². The van der Waals surface area contributed by atoms with Gasteiger partial charge in [-0.2, -0.15) is 0 Å². The van der Waals surface area contributed by atoms with E-state index in [0.717, 1.165) is 29.3 Å². The fourth-order valence-electron chi connectivity index (χ4n) is 6.64. The van der Waals surface area contributed by atoms with Crippen LogP contribution in [-0.4, -0.2) is 47.4 Å². The van der Waals surface area contributed by atoms with Gasteiger partial charge in [0.15, 0.2) is 0 Å². The molecule has 1 aliphatic heterocycles. The molecule has 1 saturated carbocycles. The molecular weight excluding hydrogens is 546 g/mol. The molecule has 3 aromatic rings. The number of hydrogen-bond donors (Lipinski definition) is 1. The fourth-order valence-corrected chi connectivity index (χ4v) is 6.90. The van der Waals surface area contributed by atoms with E-state index in [2.05, 4.69) is 40.2 Å². The molecule has 2 aliphatic carbocycles. The average molecular weight is 576 g/mol. The predicted octanol–water partition coefficient (Wildman–Crippen LogP) is 6.71. The molecule has 0 aromatic heterocycles. The highest BCUT2D eigenvalue weighted by Gasteiger charge is 2.55. The molecule has 1 heterocycles. The van der Waals surface area contributed by atoms with Crippen molar-refractivity contribution in [2.45, 2.75) is 49.2 Å². The van der Waals surface area contributed by atoms with E-state index in [1.54, 1.807) is 0 Å². The maximum Gasteiger partial charge on any atom is 0.410 e. The first-order valence-electron chi connectivity index (χ1n) is 13.2. The summed E-state index contributed by atoms with van der Waals surface area (Å²) in [7, 11) is 0. The molecule has 6 nitrogen and oxygen atoms in total. The molecular formula is C31H30BrNO5. The van der Waals surface area contributed by atoms with Gasteiger partial charge in [0.1, 0.15) is 13.2 Å². The second-order valence-corrected chi connectivity index (χ2v) is 11.6. The fraction of sp³-hybridized carbons (Fsp3) is 0.355. The monoisotopic (exact) mass is 575 g/mol. The number of hydrogen-bond acceptors (Lipinski definition) is 4. The molecule has 6 rings (SSSR count). The maximum absolute atomic E-state index is 13.6. The Morgan fingerprint density at radius 3 is 2.13 bits per heavy atom. The molecule has 1 N–H and O–H groups in total. The summed E-state index contributed by atoms with van der Waals surface area (Å²) in [6, 6.07) is 24.5. The number of halogens is 1. The highest BCUT2D eigenvalue weighted by Crippen LogP contribution is 2.53. The van der Waals surface area contributed by atoms with Crippen LogP contribution in [0.1, 0.15) is 54.7 Å². The van der Waals surface area contributed by atoms with Crippen LogP contribution in [0.25, 0.3) is 11.1 Å². The van der Waals surface area contributed by atoms with Gasteiger partial charge >= 0.3 is 12.1 Å². The summed E-state index contributed by atoms with van der Waals surface area (Å²) in [5.41, 5.74) is 4.57. The number of benzene rings is 3. The van der Waals surface area contributed by atoms with Crippen LogP contribution in [0.5, 0.6) is 0 Å². The zero-order valence-corrected chi connectivity index (χ0v) is 22.7. The van der Waals surface area contributed by atoms with Crippen molar-refractivity contribution >= 4 is 28.0 Å². The van der Waals surface area contributed by atoms with Gasteiger partial charge in [0.25, 0.3) is 0 Å². The van der Waals surface area contributed by atoms with Crippen LogP contribution in [0.2, 0.25) is 0 Å². The van der Waals surface area contributed by atoms with Gasteiger partial charge < -0.3 is 19.5 Å². The summed E-state index contributed by atoms with van der Waals surface area (Å²) in [6.45, 7) is 0.357. The SMILES string of the molecule is O=C(O)COC1(c2ccc(Br)cc2)CCN(C(=O)OCC2c3ccccc3-c3ccccc32)C2(CCC2)C1. The van der Waals surface area contributed by atoms with Gasteiger partial charge in [-0.25, -0.2) is 9.59 Å². The number of aliphatic carboxylic acids is 1. The second-order valence-electron chi connectivity index (χ2n) is 10.6. The van der Waals surface area contributed by atoms with Gasteiger partial charge in [-0.1, -0.05) is 76.6 Å². The van der Waals surface area contributed by atoms with Crippen molar-refractivity contribution in [3.8, 4) is 11.1 Å². The van der Waals surface area contributed by atoms with Crippen LogP contribution in [0, 0.1) is 0 Å². The van der Waals surface area contributed by atoms with Gasteiger partial charge in [-0.3, -0.25) is 0 Å². The van der Waals surface area contributed by atoms with E-state index >= 15 is 0 Å². The Kier molecular flexibility index (Phi) is 6.52. The van der Waals surface area contributed by atoms with Crippen molar-refractivity contribution in [1.29, 1.82) is 0 Å². The molecule has 1 amide bonds. The van der Waals surface area contributed by atoms with Gasteiger partial charge in [0, 0.05) is 28.9 Å². The number of amides is 1. The van der Waals surface area contributed by atoms with Crippen molar-refractivity contribution in [2.24, 2.45) is 0 Å². The Bertz CT molecular complexity index is 1320. The zero-order valence-electron chi connectivity index (χ0n) is 21.1. The first kappa shape index (κ1) is 25.1. The first-order valence-corrected chi connectivity index (χ1v) is 13.9. The van der Waals surface area contributed by atoms with Crippen molar-refractivity contribution in [3.05, 3.63) is 94.0 Å². The van der Waals surface area contributed by atoms with E-state index in [9.17, 15) is 14.7 Å². The molecule has 38 heavy (non-hydrogen) atoms. The molecule has 2 fully saturated rings. The number of carboxylic acid groups (broad SMARTS) is 1. The van der Waals surface area contributed by atoms with Crippen LogP contribution in [-0.2, 0) is 19.9 Å². The Morgan fingerprint density at radius 2 is 1.55 bits per heavy atom. The van der Waals surface area contributed by atoms with Crippen LogP contribution in [0.4, 0.5) is 4.79 Å². The molecule has 0 bridgehead atoms. The topological polar surface area (TPSA) is 76.1 Å². The molecule has 3 aliphatic rings. The number of piperidine rings is 1. The summed E-state index contributed by atoms with van der Waals surface area (Å²) in [5, 5.41) is 9.39. The lowest BCUT2D eigenvalue weighted by Crippen LogP contribution is -2.64. The van der Waals surface area contributed by atoms with Crippen LogP contribution >= 0.6 is 15.9 Å². The van der Waals surface area contributed by atoms with Gasteiger partial charge in [0.2, 0.25) is 0 Å². The normalized spacial score (nSPS) is 21.4. The molecule has 1 unspecified atom stereocenters. The molecule has 7 heteroatoms. The lowest BCUT2D eigenvalue weighted by atomic mass is 9.64. The number of likely N-dealkylation sites (tertiary alicyclic amines) is 1. The smallest absolute Gasteiger partial charge is 0.410 e.